The molecule has 6 aliphatic heterocycles. The van der Waals surface area contributed by atoms with Crippen molar-refractivity contribution in [2.75, 3.05) is 6.61 Å². The van der Waals surface area contributed by atoms with Crippen molar-refractivity contribution in [3.05, 3.63) is 35.5 Å². The van der Waals surface area contributed by atoms with Crippen LogP contribution in [-0.2, 0) is 47.6 Å². The van der Waals surface area contributed by atoms with E-state index in [1.165, 1.54) is 13.0 Å². The average Bonchev–Trinajstić information content (AvgIpc) is 3.91. The molecule has 13 heteroatoms. The number of esters is 4. The second-order valence-electron chi connectivity index (χ2n) is 18.1. The van der Waals surface area contributed by atoms with Crippen molar-refractivity contribution in [1.82, 2.24) is 0 Å². The molecule has 10 aliphatic rings. The molecule has 13 nitrogen and oxygen atoms in total. The van der Waals surface area contributed by atoms with Gasteiger partial charge in [-0.1, -0.05) is 39.8 Å². The molecule has 7 fully saturated rings. The van der Waals surface area contributed by atoms with Gasteiger partial charge in [-0.2, -0.15) is 0 Å². The van der Waals surface area contributed by atoms with Crippen molar-refractivity contribution in [2.24, 2.45) is 39.4 Å². The lowest BCUT2D eigenvalue weighted by atomic mass is 9.46. The van der Waals surface area contributed by atoms with E-state index >= 15 is 0 Å². The first kappa shape index (κ1) is 33.7. The predicted octanol–water partition coefficient (Wildman–Crippen LogP) is 1.60. The molecule has 4 aliphatic carbocycles. The van der Waals surface area contributed by atoms with Gasteiger partial charge in [0.1, 0.15) is 36.1 Å². The van der Waals surface area contributed by atoms with Crippen LogP contribution in [-0.4, -0.2) is 105 Å². The molecule has 3 N–H and O–H groups in total. The van der Waals surface area contributed by atoms with Crippen molar-refractivity contribution >= 4 is 23.9 Å². The van der Waals surface area contributed by atoms with Crippen molar-refractivity contribution in [2.45, 2.75) is 127 Å². The molecule has 51 heavy (non-hydrogen) atoms. The van der Waals surface area contributed by atoms with E-state index in [9.17, 15) is 34.5 Å². The topological polar surface area (TPSA) is 191 Å². The molecule has 6 heterocycles. The van der Waals surface area contributed by atoms with Crippen LogP contribution in [0.25, 0.3) is 0 Å². The van der Waals surface area contributed by atoms with Gasteiger partial charge in [0.15, 0.2) is 17.3 Å². The van der Waals surface area contributed by atoms with E-state index in [4.69, 9.17) is 28.4 Å². The maximum atomic E-state index is 12.7. The van der Waals surface area contributed by atoms with E-state index in [0.717, 1.165) is 11.1 Å². The Kier molecular flexibility index (Phi) is 6.42. The first-order chi connectivity index (χ1) is 23.8. The minimum Gasteiger partial charge on any atom is -0.459 e. The Morgan fingerprint density at radius 3 is 2.04 bits per heavy atom. The number of epoxide rings is 2. The molecule has 2 spiro atoms. The maximum Gasteiger partial charge on any atom is 0.331 e. The number of allylic oxidation sites excluding steroid dienone is 1. The van der Waals surface area contributed by atoms with Crippen LogP contribution < -0.4 is 0 Å². The van der Waals surface area contributed by atoms with Crippen LogP contribution in [0.5, 0.6) is 0 Å². The summed E-state index contributed by atoms with van der Waals surface area (Å²) in [6.07, 6.45) is 4.73. The summed E-state index contributed by atoms with van der Waals surface area (Å²) in [7, 11) is 0. The lowest BCUT2D eigenvalue weighted by Gasteiger charge is -2.55. The average molecular weight is 711 g/mol. The predicted molar refractivity (Wildman–Crippen MR) is 172 cm³/mol. The smallest absolute Gasteiger partial charge is 0.331 e. The Morgan fingerprint density at radius 1 is 0.804 bits per heavy atom. The first-order valence-corrected chi connectivity index (χ1v) is 18.1. The fraction of sp³-hybridized carbons (Fsp3) is 0.737. The number of hydrogen-bond donors (Lipinski definition) is 3. The van der Waals surface area contributed by atoms with Crippen molar-refractivity contribution < 1.29 is 62.9 Å². The van der Waals surface area contributed by atoms with Crippen LogP contribution in [0.15, 0.2) is 35.5 Å². The summed E-state index contributed by atoms with van der Waals surface area (Å²) in [5, 5.41) is 30.9. The highest BCUT2D eigenvalue weighted by Gasteiger charge is 2.85. The Morgan fingerprint density at radius 2 is 1.37 bits per heavy atom. The number of cyclic esters (lactones) is 2. The molecule has 0 radical (unpaired) electrons. The summed E-state index contributed by atoms with van der Waals surface area (Å²) in [5.74, 6) is -1.66. The van der Waals surface area contributed by atoms with E-state index in [1.807, 2.05) is 46.8 Å². The second-order valence-corrected chi connectivity index (χ2v) is 18.1. The van der Waals surface area contributed by atoms with Crippen LogP contribution in [0.4, 0.5) is 0 Å². The molecular formula is C38H46O13. The van der Waals surface area contributed by atoms with Gasteiger partial charge < -0.3 is 43.7 Å². The third-order valence-corrected chi connectivity index (χ3v) is 14.4. The van der Waals surface area contributed by atoms with E-state index in [1.54, 1.807) is 6.08 Å². The fourth-order valence-electron chi connectivity index (χ4n) is 12.6. The second kappa shape index (κ2) is 9.71. The third-order valence-electron chi connectivity index (χ3n) is 14.4. The number of aliphatic hydroxyl groups is 3. The standard InChI is InChI=1S/C19H22O7.C19H24O6/c1-16-5-4-6-17(2)12(16)11(25-15(17)22)13-19(26-13)9(16)7-10(21)24-14(19)18(3,23)8-20;1-8(2)14-19-10(5-11(21)23-14)17(3)6-9(20)7-18(4)13(17)12(15(19)25-19)24-16(18)22/h4,6-7,11-14,20,23H,5,8H2,1-3H3;5,8-9,12-15,20H,6-7H2,1-4H3. The molecular weight excluding hydrogens is 664 g/mol. The highest BCUT2D eigenvalue weighted by molar-refractivity contribution is 5.89. The number of carbonyl (C=O) groups excluding carboxylic acids is 4. The van der Waals surface area contributed by atoms with Gasteiger partial charge in [-0.25, -0.2) is 9.59 Å². The number of ether oxygens (including phenoxy) is 6. The van der Waals surface area contributed by atoms with Crippen LogP contribution in [0.1, 0.15) is 67.7 Å². The molecule has 3 saturated carbocycles. The monoisotopic (exact) mass is 710 g/mol. The number of aliphatic hydroxyl groups excluding tert-OH is 2. The van der Waals surface area contributed by atoms with E-state index < -0.39 is 81.6 Å². The van der Waals surface area contributed by atoms with Crippen molar-refractivity contribution in [3.63, 3.8) is 0 Å². The zero-order valence-electron chi connectivity index (χ0n) is 29.8. The summed E-state index contributed by atoms with van der Waals surface area (Å²) >= 11 is 0. The van der Waals surface area contributed by atoms with E-state index in [0.29, 0.717) is 19.3 Å². The minimum absolute atomic E-state index is 0.0785. The molecule has 0 aromatic rings. The Hall–Kier alpha value is -3.10. The Balaban J connectivity index is 0.000000137. The molecule has 0 aromatic heterocycles. The van der Waals surface area contributed by atoms with Gasteiger partial charge in [0.05, 0.1) is 23.5 Å². The lowest BCUT2D eigenvalue weighted by molar-refractivity contribution is -0.177. The normalized spacial score (nSPS) is 54.1. The summed E-state index contributed by atoms with van der Waals surface area (Å²) < 4.78 is 34.9. The Labute approximate surface area is 295 Å². The van der Waals surface area contributed by atoms with Gasteiger partial charge >= 0.3 is 23.9 Å². The van der Waals surface area contributed by atoms with Crippen molar-refractivity contribution in [3.8, 4) is 0 Å². The van der Waals surface area contributed by atoms with Gasteiger partial charge in [-0.15, -0.1) is 0 Å². The first-order valence-electron chi connectivity index (χ1n) is 18.1. The Bertz CT molecular complexity index is 1780. The summed E-state index contributed by atoms with van der Waals surface area (Å²) in [4.78, 5) is 50.0. The zero-order valence-corrected chi connectivity index (χ0v) is 29.8. The van der Waals surface area contributed by atoms with Gasteiger partial charge in [-0.05, 0) is 57.1 Å². The molecule has 276 valence electrons. The lowest BCUT2D eigenvalue weighted by Crippen LogP contribution is -2.64. The summed E-state index contributed by atoms with van der Waals surface area (Å²) in [5.41, 5.74) is -4.40. The molecule has 16 atom stereocenters. The molecule has 0 aromatic carbocycles. The maximum absolute atomic E-state index is 12.7. The number of fused-ring (bicyclic) bond motifs is 4. The van der Waals surface area contributed by atoms with E-state index in [-0.39, 0.29) is 47.9 Å². The highest BCUT2D eigenvalue weighted by Crippen LogP contribution is 2.74. The highest BCUT2D eigenvalue weighted by atomic mass is 16.7. The van der Waals surface area contributed by atoms with Gasteiger partial charge in [0.2, 0.25) is 0 Å². The van der Waals surface area contributed by atoms with Crippen LogP contribution in [0, 0.1) is 39.4 Å². The fourth-order valence-corrected chi connectivity index (χ4v) is 12.6. The molecule has 0 amide bonds. The number of rotatable bonds is 3. The SMILES string of the molecule is CC(C)C1OC(=O)C=C2C3(C)CC(O)CC4(C)C(=O)OC(C43)C3OC213.CC(O)(CO)C1OC(=O)C=C2C3(C)CC=CC4(C)C(=O)OC(C43)C3OC231. The quantitative estimate of drug-likeness (QED) is 0.166. The molecule has 4 saturated heterocycles. The number of hydrogen-bond acceptors (Lipinski definition) is 13. The summed E-state index contributed by atoms with van der Waals surface area (Å²) in [6.45, 7) is 12.7. The van der Waals surface area contributed by atoms with Gasteiger partial charge in [-0.3, -0.25) is 9.59 Å². The van der Waals surface area contributed by atoms with Gasteiger partial charge in [0, 0.05) is 34.8 Å². The van der Waals surface area contributed by atoms with E-state index in [2.05, 4.69) is 6.92 Å². The van der Waals surface area contributed by atoms with Crippen LogP contribution in [0.3, 0.4) is 0 Å². The minimum atomic E-state index is -1.68. The molecule has 10 rings (SSSR count). The van der Waals surface area contributed by atoms with Crippen molar-refractivity contribution in [1.29, 1.82) is 0 Å². The van der Waals surface area contributed by atoms with Crippen LogP contribution >= 0.6 is 0 Å². The number of carbonyl (C=O) groups is 4. The summed E-state index contributed by atoms with van der Waals surface area (Å²) in [6, 6.07) is 0. The molecule has 16 unspecified atom stereocenters. The van der Waals surface area contributed by atoms with Gasteiger partial charge in [0.25, 0.3) is 0 Å². The molecule has 0 bridgehead atoms. The largest absolute Gasteiger partial charge is 0.459 e. The zero-order chi connectivity index (χ0) is 36.6. The third kappa shape index (κ3) is 3.79. The van der Waals surface area contributed by atoms with Crippen LogP contribution in [0.2, 0.25) is 0 Å².